The van der Waals surface area contributed by atoms with Crippen molar-refractivity contribution in [1.29, 1.82) is 0 Å². The number of nitrogens with two attached hydrogens (primary N) is 1. The predicted molar refractivity (Wildman–Crippen MR) is 73.7 cm³/mol. The summed E-state index contributed by atoms with van der Waals surface area (Å²) in [4.78, 5) is 0. The molecule has 4 unspecified atom stereocenters. The van der Waals surface area contributed by atoms with E-state index in [4.69, 9.17) is 5.73 Å². The maximum atomic E-state index is 13.6. The molecule has 100 valence electrons. The second kappa shape index (κ2) is 5.40. The van der Waals surface area contributed by atoms with Crippen LogP contribution < -0.4 is 5.73 Å². The third-order valence-corrected chi connectivity index (χ3v) is 4.73. The van der Waals surface area contributed by atoms with Crippen molar-refractivity contribution in [3.05, 3.63) is 35.1 Å². The number of rotatable bonds is 2. The van der Waals surface area contributed by atoms with E-state index >= 15 is 0 Å². The van der Waals surface area contributed by atoms with Gasteiger partial charge in [-0.25, -0.2) is 4.39 Å². The van der Waals surface area contributed by atoms with Crippen LogP contribution in [-0.4, -0.2) is 0 Å². The average Bonchev–Trinajstić information content (AvgIpc) is 2.35. The molecule has 0 aromatic heterocycles. The molecule has 2 N–H and O–H groups in total. The van der Waals surface area contributed by atoms with Gasteiger partial charge in [0, 0.05) is 6.04 Å². The first kappa shape index (κ1) is 13.5. The van der Waals surface area contributed by atoms with Gasteiger partial charge in [-0.3, -0.25) is 0 Å². The number of benzene rings is 1. The first-order chi connectivity index (χ1) is 8.49. The van der Waals surface area contributed by atoms with Gasteiger partial charge in [0.15, 0.2) is 0 Å². The van der Waals surface area contributed by atoms with Crippen LogP contribution in [0.1, 0.15) is 50.3 Å². The minimum Gasteiger partial charge on any atom is -0.324 e. The quantitative estimate of drug-likeness (QED) is 0.835. The van der Waals surface area contributed by atoms with Crippen molar-refractivity contribution in [3.8, 4) is 0 Å². The predicted octanol–water partition coefficient (Wildman–Crippen LogP) is 4.21. The zero-order valence-electron chi connectivity index (χ0n) is 11.6. The molecule has 1 fully saturated rings. The molecular formula is C16H24FN. The first-order valence-electron chi connectivity index (χ1n) is 7.00. The van der Waals surface area contributed by atoms with Crippen LogP contribution in [0.25, 0.3) is 0 Å². The third kappa shape index (κ3) is 2.74. The van der Waals surface area contributed by atoms with Gasteiger partial charge < -0.3 is 5.73 Å². The fourth-order valence-electron chi connectivity index (χ4n) is 3.00. The summed E-state index contributed by atoms with van der Waals surface area (Å²) in [6.45, 7) is 6.41. The lowest BCUT2D eigenvalue weighted by molar-refractivity contribution is 0.186. The molecule has 2 rings (SSSR count). The van der Waals surface area contributed by atoms with Crippen molar-refractivity contribution in [2.24, 2.45) is 23.5 Å². The molecular weight excluding hydrogens is 225 g/mol. The molecule has 1 aromatic carbocycles. The van der Waals surface area contributed by atoms with Crippen molar-refractivity contribution in [2.75, 3.05) is 0 Å². The molecule has 1 aromatic rings. The lowest BCUT2D eigenvalue weighted by atomic mass is 9.72. The lowest BCUT2D eigenvalue weighted by Crippen LogP contribution is -2.29. The molecule has 0 spiro atoms. The minimum absolute atomic E-state index is 0.0185. The van der Waals surface area contributed by atoms with Crippen LogP contribution in [0.3, 0.4) is 0 Å². The number of hydrogen-bond donors (Lipinski definition) is 1. The highest BCUT2D eigenvalue weighted by atomic mass is 19.1. The maximum Gasteiger partial charge on any atom is 0.126 e. The Kier molecular flexibility index (Phi) is 4.06. The zero-order valence-corrected chi connectivity index (χ0v) is 11.6. The molecule has 1 saturated carbocycles. The Balaban J connectivity index is 2.11. The normalized spacial score (nSPS) is 30.2. The largest absolute Gasteiger partial charge is 0.324 e. The fourth-order valence-corrected chi connectivity index (χ4v) is 3.00. The van der Waals surface area contributed by atoms with Crippen molar-refractivity contribution in [2.45, 2.75) is 46.1 Å². The topological polar surface area (TPSA) is 26.0 Å². The Morgan fingerprint density at radius 3 is 2.56 bits per heavy atom. The van der Waals surface area contributed by atoms with Gasteiger partial charge >= 0.3 is 0 Å². The van der Waals surface area contributed by atoms with E-state index in [1.54, 1.807) is 13.0 Å². The van der Waals surface area contributed by atoms with Crippen molar-refractivity contribution in [3.63, 3.8) is 0 Å². The van der Waals surface area contributed by atoms with Crippen LogP contribution in [0.15, 0.2) is 18.2 Å². The number of hydrogen-bond acceptors (Lipinski definition) is 1. The van der Waals surface area contributed by atoms with Crippen LogP contribution in [0.2, 0.25) is 0 Å². The summed E-state index contributed by atoms with van der Waals surface area (Å²) in [5.74, 6) is 1.88. The van der Waals surface area contributed by atoms with Crippen molar-refractivity contribution in [1.82, 2.24) is 0 Å². The van der Waals surface area contributed by atoms with Gasteiger partial charge in [-0.15, -0.1) is 0 Å². The number of aryl methyl sites for hydroxylation is 1. The molecule has 0 saturated heterocycles. The molecule has 18 heavy (non-hydrogen) atoms. The number of halogens is 1. The molecule has 0 amide bonds. The molecule has 1 aliphatic rings. The van der Waals surface area contributed by atoms with Crippen LogP contribution in [0, 0.1) is 30.5 Å². The summed E-state index contributed by atoms with van der Waals surface area (Å²) in [6.07, 6.45) is 3.58. The highest BCUT2D eigenvalue weighted by Crippen LogP contribution is 2.38. The van der Waals surface area contributed by atoms with E-state index in [2.05, 4.69) is 13.8 Å². The molecule has 0 heterocycles. The van der Waals surface area contributed by atoms with E-state index in [0.717, 1.165) is 23.8 Å². The van der Waals surface area contributed by atoms with E-state index < -0.39 is 0 Å². The molecule has 0 bridgehead atoms. The van der Waals surface area contributed by atoms with Crippen LogP contribution in [-0.2, 0) is 0 Å². The standard InChI is InChI=1S/C16H24FN/c1-10-4-6-13(8-12(10)3)16(18)14-7-5-11(2)15(17)9-14/h5,7,9-10,12-13,16H,4,6,8,18H2,1-3H3. The first-order valence-corrected chi connectivity index (χ1v) is 7.00. The van der Waals surface area contributed by atoms with Gasteiger partial charge in [-0.1, -0.05) is 32.4 Å². The summed E-state index contributed by atoms with van der Waals surface area (Å²) >= 11 is 0. The van der Waals surface area contributed by atoms with E-state index in [1.807, 2.05) is 12.1 Å². The van der Waals surface area contributed by atoms with Crippen LogP contribution in [0.4, 0.5) is 4.39 Å². The van der Waals surface area contributed by atoms with Crippen molar-refractivity contribution >= 4 is 0 Å². The Bertz CT molecular complexity index is 416. The van der Waals surface area contributed by atoms with Gasteiger partial charge in [0.05, 0.1) is 0 Å². The second-order valence-electron chi connectivity index (χ2n) is 6.06. The smallest absolute Gasteiger partial charge is 0.126 e. The van der Waals surface area contributed by atoms with E-state index in [1.165, 1.54) is 12.8 Å². The summed E-state index contributed by atoms with van der Waals surface area (Å²) < 4.78 is 13.6. The Labute approximate surface area is 110 Å². The molecule has 2 heteroatoms. The highest BCUT2D eigenvalue weighted by molar-refractivity contribution is 5.26. The van der Waals surface area contributed by atoms with Gasteiger partial charge in [-0.2, -0.15) is 0 Å². The summed E-state index contributed by atoms with van der Waals surface area (Å²) in [6, 6.07) is 5.41. The molecule has 1 aliphatic carbocycles. The molecule has 0 radical (unpaired) electrons. The SMILES string of the molecule is Cc1ccc(C(N)C2CCC(C)C(C)C2)cc1F. The van der Waals surface area contributed by atoms with Gasteiger partial charge in [-0.05, 0) is 54.7 Å². The van der Waals surface area contributed by atoms with Gasteiger partial charge in [0.25, 0.3) is 0 Å². The fraction of sp³-hybridized carbons (Fsp3) is 0.625. The summed E-state index contributed by atoms with van der Waals surface area (Å²) in [5.41, 5.74) is 7.97. The summed E-state index contributed by atoms with van der Waals surface area (Å²) in [5, 5.41) is 0. The van der Waals surface area contributed by atoms with Crippen LogP contribution >= 0.6 is 0 Å². The van der Waals surface area contributed by atoms with E-state index in [0.29, 0.717) is 11.5 Å². The molecule has 0 aliphatic heterocycles. The average molecular weight is 249 g/mol. The zero-order chi connectivity index (χ0) is 13.3. The van der Waals surface area contributed by atoms with E-state index in [-0.39, 0.29) is 11.9 Å². The van der Waals surface area contributed by atoms with Crippen molar-refractivity contribution < 1.29 is 4.39 Å². The second-order valence-corrected chi connectivity index (χ2v) is 6.06. The Hall–Kier alpha value is -0.890. The monoisotopic (exact) mass is 249 g/mol. The lowest BCUT2D eigenvalue weighted by Gasteiger charge is -2.35. The molecule has 1 nitrogen and oxygen atoms in total. The third-order valence-electron chi connectivity index (χ3n) is 4.73. The van der Waals surface area contributed by atoms with Gasteiger partial charge in [0.1, 0.15) is 5.82 Å². The summed E-state index contributed by atoms with van der Waals surface area (Å²) in [7, 11) is 0. The van der Waals surface area contributed by atoms with Gasteiger partial charge in [0.2, 0.25) is 0 Å². The Morgan fingerprint density at radius 1 is 1.22 bits per heavy atom. The minimum atomic E-state index is -0.139. The van der Waals surface area contributed by atoms with Crippen LogP contribution in [0.5, 0.6) is 0 Å². The maximum absolute atomic E-state index is 13.6. The Morgan fingerprint density at radius 2 is 1.94 bits per heavy atom. The highest BCUT2D eigenvalue weighted by Gasteiger charge is 2.29. The molecule has 4 atom stereocenters. The van der Waals surface area contributed by atoms with E-state index in [9.17, 15) is 4.39 Å².